The maximum absolute atomic E-state index is 13.6. The first-order valence-corrected chi connectivity index (χ1v) is 22.6. The Morgan fingerprint density at radius 1 is 0.846 bits per heavy atom. The number of imide groups is 1. The highest BCUT2D eigenvalue weighted by molar-refractivity contribution is 6.13. The van der Waals surface area contributed by atoms with Crippen molar-refractivity contribution in [1.29, 1.82) is 0 Å². The molecule has 0 saturated carbocycles. The number of fused-ring (bicyclic) bond motifs is 1. The number of nitrogens with one attached hydrogen (secondary N) is 4. The quantitative estimate of drug-likeness (QED) is 0.0816. The minimum absolute atomic E-state index is 0.0194. The van der Waals surface area contributed by atoms with E-state index in [-0.39, 0.29) is 66.8 Å². The molecule has 0 bridgehead atoms. The summed E-state index contributed by atoms with van der Waals surface area (Å²) in [5.74, 6) is -2.61. The molecular formula is C49H61N9O7. The van der Waals surface area contributed by atoms with E-state index >= 15 is 0 Å². The summed E-state index contributed by atoms with van der Waals surface area (Å²) in [5.41, 5.74) is 6.49. The molecule has 8 amide bonds. The van der Waals surface area contributed by atoms with Crippen LogP contribution in [0, 0.1) is 11.8 Å². The number of amides is 8. The Bertz CT molecular complexity index is 2240. The van der Waals surface area contributed by atoms with Gasteiger partial charge < -0.3 is 26.2 Å². The minimum Gasteiger partial charge on any atom is -0.354 e. The number of carbonyl (C=O) groups is 7. The van der Waals surface area contributed by atoms with Crippen LogP contribution >= 0.6 is 0 Å². The first-order valence-electron chi connectivity index (χ1n) is 22.6. The third kappa shape index (κ3) is 12.5. The molecule has 3 aliphatic heterocycles. The normalized spacial score (nSPS) is 19.4. The zero-order valence-electron chi connectivity index (χ0n) is 37.8. The van der Waals surface area contributed by atoms with E-state index in [1.807, 2.05) is 48.6 Å². The van der Waals surface area contributed by atoms with Gasteiger partial charge in [-0.2, -0.15) is 5.10 Å². The van der Waals surface area contributed by atoms with Crippen molar-refractivity contribution >= 4 is 47.2 Å². The second-order valence-corrected chi connectivity index (χ2v) is 17.4. The van der Waals surface area contributed by atoms with E-state index in [9.17, 15) is 33.6 Å². The van der Waals surface area contributed by atoms with Crippen LogP contribution in [0.4, 0.5) is 4.79 Å². The topological polar surface area (TPSA) is 203 Å². The number of allylic oxidation sites excluding steroid dienone is 4. The Morgan fingerprint density at radius 2 is 1.57 bits per heavy atom. The smallest absolute Gasteiger partial charge is 0.322 e. The van der Waals surface area contributed by atoms with Gasteiger partial charge in [0.05, 0.1) is 5.71 Å². The summed E-state index contributed by atoms with van der Waals surface area (Å²) in [7, 11) is 0. The molecule has 1 aromatic carbocycles. The second-order valence-electron chi connectivity index (χ2n) is 17.4. The number of urea groups is 1. The summed E-state index contributed by atoms with van der Waals surface area (Å²) in [6.45, 7) is 13.2. The average Bonchev–Trinajstić information content (AvgIpc) is 3.87. The van der Waals surface area contributed by atoms with E-state index in [1.54, 1.807) is 38.1 Å². The monoisotopic (exact) mass is 887 g/mol. The first-order chi connectivity index (χ1) is 31.2. The number of benzene rings is 1. The molecule has 344 valence electrons. The third-order valence-corrected chi connectivity index (χ3v) is 12.4. The van der Waals surface area contributed by atoms with E-state index in [0.29, 0.717) is 70.3 Å². The molecule has 2 aromatic rings. The van der Waals surface area contributed by atoms with E-state index in [0.717, 1.165) is 33.7 Å². The maximum atomic E-state index is 13.6. The number of rotatable bonds is 20. The molecule has 6 rings (SSSR count). The highest BCUT2D eigenvalue weighted by Crippen LogP contribution is 2.36. The van der Waals surface area contributed by atoms with Crippen molar-refractivity contribution in [2.45, 2.75) is 110 Å². The summed E-state index contributed by atoms with van der Waals surface area (Å²) in [5, 5.41) is 18.0. The van der Waals surface area contributed by atoms with Crippen LogP contribution in [0.2, 0.25) is 0 Å². The number of carbonyl (C=O) groups excluding carboxylic acids is 7. The van der Waals surface area contributed by atoms with Crippen LogP contribution in [-0.2, 0) is 41.9 Å². The number of hydrogen-bond acceptors (Lipinski definition) is 9. The summed E-state index contributed by atoms with van der Waals surface area (Å²) in [6, 6.07) is 9.84. The average molecular weight is 888 g/mol. The highest BCUT2D eigenvalue weighted by Gasteiger charge is 2.35. The van der Waals surface area contributed by atoms with Gasteiger partial charge in [-0.05, 0) is 86.3 Å². The number of hydrogen-bond donors (Lipinski definition) is 4. The van der Waals surface area contributed by atoms with Crippen molar-refractivity contribution < 1.29 is 33.6 Å². The SMILES string of the molecule is C=C(C)C(C)[C@H](NC(=O)CCCCCN1C(=O)C=CC1=O)C(=O)N[C@@H](C)C(=O)NCCCCN1N=C(C2=CC=C(NC(=O)N3Cc4ccncc4C3)CC2C)C(c2ccccc2)CC1=O. The van der Waals surface area contributed by atoms with E-state index in [4.69, 9.17) is 5.10 Å². The molecule has 4 heterocycles. The molecule has 0 radical (unpaired) electrons. The molecule has 1 aliphatic carbocycles. The molecule has 1 aromatic heterocycles. The molecule has 5 atom stereocenters. The van der Waals surface area contributed by atoms with Crippen molar-refractivity contribution in [1.82, 2.24) is 41.1 Å². The summed E-state index contributed by atoms with van der Waals surface area (Å²) >= 11 is 0. The fraction of sp³-hybridized carbons (Fsp3) is 0.449. The fourth-order valence-corrected chi connectivity index (χ4v) is 8.35. The molecule has 16 nitrogen and oxygen atoms in total. The van der Waals surface area contributed by atoms with Gasteiger partial charge in [-0.3, -0.25) is 38.7 Å². The minimum atomic E-state index is -0.946. The van der Waals surface area contributed by atoms with Crippen LogP contribution in [0.15, 0.2) is 102 Å². The number of pyridine rings is 1. The Labute approximate surface area is 380 Å². The van der Waals surface area contributed by atoms with Gasteiger partial charge in [-0.1, -0.05) is 68.8 Å². The van der Waals surface area contributed by atoms with Crippen LogP contribution in [0.1, 0.15) is 102 Å². The predicted octanol–water partition coefficient (Wildman–Crippen LogP) is 4.91. The Hall–Kier alpha value is -6.71. The molecule has 4 aliphatic rings. The van der Waals surface area contributed by atoms with E-state index in [2.05, 4.69) is 39.8 Å². The van der Waals surface area contributed by atoms with E-state index < -0.39 is 23.9 Å². The van der Waals surface area contributed by atoms with Crippen molar-refractivity contribution in [2.75, 3.05) is 19.6 Å². The predicted molar refractivity (Wildman–Crippen MR) is 245 cm³/mol. The molecular weight excluding hydrogens is 827 g/mol. The van der Waals surface area contributed by atoms with Gasteiger partial charge in [0.15, 0.2) is 0 Å². The largest absolute Gasteiger partial charge is 0.354 e. The van der Waals surface area contributed by atoms with Crippen molar-refractivity contribution in [2.24, 2.45) is 16.9 Å². The summed E-state index contributed by atoms with van der Waals surface area (Å²) in [6.07, 6.45) is 13.8. The van der Waals surface area contributed by atoms with Crippen LogP contribution in [0.3, 0.4) is 0 Å². The van der Waals surface area contributed by atoms with Gasteiger partial charge in [0.25, 0.3) is 11.8 Å². The molecule has 65 heavy (non-hydrogen) atoms. The Morgan fingerprint density at radius 3 is 2.28 bits per heavy atom. The van der Waals surface area contributed by atoms with Gasteiger partial charge in [-0.15, -0.1) is 0 Å². The summed E-state index contributed by atoms with van der Waals surface area (Å²) < 4.78 is 0. The Kier molecular flexibility index (Phi) is 16.4. The third-order valence-electron chi connectivity index (χ3n) is 12.4. The van der Waals surface area contributed by atoms with Gasteiger partial charge in [0.1, 0.15) is 12.1 Å². The maximum Gasteiger partial charge on any atom is 0.322 e. The lowest BCUT2D eigenvalue weighted by molar-refractivity contribution is -0.137. The molecule has 0 spiro atoms. The molecule has 0 fully saturated rings. The summed E-state index contributed by atoms with van der Waals surface area (Å²) in [4.78, 5) is 96.8. The zero-order valence-corrected chi connectivity index (χ0v) is 37.8. The number of nitrogens with zero attached hydrogens (tertiary/aromatic N) is 5. The lowest BCUT2D eigenvalue weighted by Gasteiger charge is -2.33. The van der Waals surface area contributed by atoms with Gasteiger partial charge in [0, 0.05) is 87.6 Å². The number of hydrazone groups is 1. The molecule has 16 heteroatoms. The molecule has 0 saturated heterocycles. The van der Waals surface area contributed by atoms with Crippen LogP contribution < -0.4 is 21.3 Å². The second kappa shape index (κ2) is 22.3. The molecule has 3 unspecified atom stereocenters. The highest BCUT2D eigenvalue weighted by atomic mass is 16.2. The lowest BCUT2D eigenvalue weighted by atomic mass is 9.79. The van der Waals surface area contributed by atoms with Crippen molar-refractivity contribution in [3.8, 4) is 0 Å². The Balaban J connectivity index is 0.979. The van der Waals surface area contributed by atoms with Crippen LogP contribution in [0.25, 0.3) is 0 Å². The standard InChI is InChI=1S/C49H61N9O7/c1-31(2)33(4)45(54-41(59)16-10-7-12-24-57-42(60)19-20-43(57)61)48(64)52-34(5)47(63)51-22-11-13-25-58-44(62)27-40(35-14-8-6-9-15-35)46(55-58)39-18-17-38(26-32(39)3)53-49(65)56-29-36-21-23-50-28-37(36)30-56/h6,8-9,14-15,17-21,23,28,32-34,40,45H,1,7,10-13,16,22,24-27,29-30H2,2-5H3,(H,51,63)(H,52,64)(H,53,65)(H,54,59)/t32?,33?,34-,40?,45-/m0/s1. The lowest BCUT2D eigenvalue weighted by Crippen LogP contribution is -2.55. The van der Waals surface area contributed by atoms with Crippen LogP contribution in [0.5, 0.6) is 0 Å². The van der Waals surface area contributed by atoms with Gasteiger partial charge >= 0.3 is 6.03 Å². The van der Waals surface area contributed by atoms with Crippen LogP contribution in [-0.4, -0.2) is 98.7 Å². The van der Waals surface area contributed by atoms with Gasteiger partial charge in [-0.25, -0.2) is 9.80 Å². The number of unbranched alkanes of at least 4 members (excludes halogenated alkanes) is 3. The van der Waals surface area contributed by atoms with Gasteiger partial charge in [0.2, 0.25) is 23.6 Å². The van der Waals surface area contributed by atoms with Crippen molar-refractivity contribution in [3.05, 3.63) is 113 Å². The number of aromatic nitrogens is 1. The zero-order chi connectivity index (χ0) is 46.6. The first kappa shape index (κ1) is 47.8. The van der Waals surface area contributed by atoms with Crippen molar-refractivity contribution in [3.63, 3.8) is 0 Å². The van der Waals surface area contributed by atoms with E-state index in [1.165, 1.54) is 22.1 Å². The fourth-order valence-electron chi connectivity index (χ4n) is 8.35. The molecule has 4 N–H and O–H groups in total.